The average Bonchev–Trinajstić information content (AvgIpc) is 2.62. The number of carbonyl (C=O) groups excluding carboxylic acids is 1. The summed E-state index contributed by atoms with van der Waals surface area (Å²) in [5.74, 6) is 2.16. The Kier molecular flexibility index (Phi) is 4.61. The van der Waals surface area contributed by atoms with Crippen molar-refractivity contribution in [3.8, 4) is 0 Å². The Morgan fingerprint density at radius 3 is 2.52 bits per heavy atom. The van der Waals surface area contributed by atoms with Crippen molar-refractivity contribution in [1.29, 1.82) is 0 Å². The van der Waals surface area contributed by atoms with Crippen molar-refractivity contribution in [1.82, 2.24) is 5.32 Å². The fourth-order valence-electron chi connectivity index (χ4n) is 6.39. The molecule has 4 saturated carbocycles. The minimum atomic E-state index is -1.05. The van der Waals surface area contributed by atoms with Crippen LogP contribution >= 0.6 is 0 Å². The summed E-state index contributed by atoms with van der Waals surface area (Å²) in [5.41, 5.74) is 0.975. The first-order valence-corrected chi connectivity index (χ1v) is 10.1. The summed E-state index contributed by atoms with van der Waals surface area (Å²) in [6, 6.07) is 9.57. The van der Waals surface area contributed by atoms with Crippen LogP contribution in [-0.2, 0) is 4.79 Å². The van der Waals surface area contributed by atoms with E-state index in [2.05, 4.69) is 12.2 Å². The molecule has 5 rings (SSSR count). The van der Waals surface area contributed by atoms with Crippen molar-refractivity contribution in [3.63, 3.8) is 0 Å². The van der Waals surface area contributed by atoms with Gasteiger partial charge in [-0.2, -0.15) is 0 Å². The molecule has 0 heterocycles. The molecular formula is C22H31NO2. The topological polar surface area (TPSA) is 49.3 Å². The predicted octanol–water partition coefficient (Wildman–Crippen LogP) is 4.22. The smallest absolute Gasteiger partial charge is 0.253 e. The summed E-state index contributed by atoms with van der Waals surface area (Å²) in [6.07, 6.45) is 9.18. The Bertz CT molecular complexity index is 600. The summed E-state index contributed by atoms with van der Waals surface area (Å²) >= 11 is 0. The van der Waals surface area contributed by atoms with E-state index in [9.17, 15) is 9.90 Å². The van der Waals surface area contributed by atoms with E-state index >= 15 is 0 Å². The SMILES string of the molecule is CCCCC12C[C@@H]3CC(C[C@@H](C3)C1)C2NC(=O)C(O)c1ccccc1. The predicted molar refractivity (Wildman–Crippen MR) is 98.8 cm³/mol. The van der Waals surface area contributed by atoms with Gasteiger partial charge in [-0.05, 0) is 67.3 Å². The molecule has 0 aliphatic heterocycles. The Hall–Kier alpha value is -1.35. The summed E-state index contributed by atoms with van der Waals surface area (Å²) in [6.45, 7) is 2.26. The summed E-state index contributed by atoms with van der Waals surface area (Å²) in [4.78, 5) is 12.8. The third kappa shape index (κ3) is 3.12. The highest BCUT2D eigenvalue weighted by Gasteiger charge is 2.57. The molecule has 0 saturated heterocycles. The van der Waals surface area contributed by atoms with E-state index in [1.54, 1.807) is 0 Å². The van der Waals surface area contributed by atoms with Crippen LogP contribution in [-0.4, -0.2) is 17.1 Å². The van der Waals surface area contributed by atoms with Gasteiger partial charge in [0, 0.05) is 6.04 Å². The number of rotatable bonds is 6. The summed E-state index contributed by atoms with van der Waals surface area (Å²) < 4.78 is 0. The number of carbonyl (C=O) groups is 1. The highest BCUT2D eigenvalue weighted by Crippen LogP contribution is 2.61. The number of unbranched alkanes of at least 4 members (excludes halogenated alkanes) is 1. The van der Waals surface area contributed by atoms with Crippen LogP contribution in [0.3, 0.4) is 0 Å². The van der Waals surface area contributed by atoms with Gasteiger partial charge < -0.3 is 10.4 Å². The molecule has 25 heavy (non-hydrogen) atoms. The van der Waals surface area contributed by atoms with Crippen molar-refractivity contribution in [2.45, 2.75) is 70.4 Å². The molecular weight excluding hydrogens is 310 g/mol. The lowest BCUT2D eigenvalue weighted by molar-refractivity contribution is -0.139. The molecule has 0 radical (unpaired) electrons. The molecule has 1 aromatic carbocycles. The third-order valence-electron chi connectivity index (χ3n) is 7.15. The number of benzene rings is 1. The monoisotopic (exact) mass is 341 g/mol. The third-order valence-corrected chi connectivity index (χ3v) is 7.15. The molecule has 4 unspecified atom stereocenters. The molecule has 4 aliphatic carbocycles. The molecule has 0 spiro atoms. The van der Waals surface area contributed by atoms with Crippen molar-refractivity contribution in [3.05, 3.63) is 35.9 Å². The van der Waals surface area contributed by atoms with E-state index in [1.807, 2.05) is 30.3 Å². The molecule has 2 N–H and O–H groups in total. The fraction of sp³-hybridized carbons (Fsp3) is 0.682. The molecule has 6 atom stereocenters. The lowest BCUT2D eigenvalue weighted by atomic mass is 9.46. The molecule has 4 aliphatic rings. The maximum Gasteiger partial charge on any atom is 0.253 e. The Balaban J connectivity index is 1.52. The molecule has 4 bridgehead atoms. The van der Waals surface area contributed by atoms with Crippen LogP contribution in [0.15, 0.2) is 30.3 Å². The van der Waals surface area contributed by atoms with Gasteiger partial charge in [0.2, 0.25) is 0 Å². The van der Waals surface area contributed by atoms with Gasteiger partial charge in [-0.15, -0.1) is 0 Å². The number of aliphatic hydroxyl groups excluding tert-OH is 1. The molecule has 3 heteroatoms. The van der Waals surface area contributed by atoms with Crippen LogP contribution in [0.25, 0.3) is 0 Å². The summed E-state index contributed by atoms with van der Waals surface area (Å²) in [7, 11) is 0. The number of hydrogen-bond acceptors (Lipinski definition) is 2. The normalized spacial score (nSPS) is 37.0. The number of amides is 1. The zero-order valence-corrected chi connectivity index (χ0v) is 15.3. The molecule has 1 aromatic rings. The largest absolute Gasteiger partial charge is 0.378 e. The minimum absolute atomic E-state index is 0.209. The molecule has 136 valence electrons. The zero-order valence-electron chi connectivity index (χ0n) is 15.3. The zero-order chi connectivity index (χ0) is 17.4. The van der Waals surface area contributed by atoms with Crippen LogP contribution in [0.1, 0.15) is 70.0 Å². The van der Waals surface area contributed by atoms with Gasteiger partial charge in [-0.1, -0.05) is 50.1 Å². The second kappa shape index (κ2) is 6.75. The molecule has 0 aromatic heterocycles. The lowest BCUT2D eigenvalue weighted by Gasteiger charge is -2.61. The molecule has 4 fully saturated rings. The molecule has 1 amide bonds. The van der Waals surface area contributed by atoms with Crippen molar-refractivity contribution < 1.29 is 9.90 Å². The van der Waals surface area contributed by atoms with Gasteiger partial charge in [0.1, 0.15) is 0 Å². The highest BCUT2D eigenvalue weighted by atomic mass is 16.3. The first-order valence-electron chi connectivity index (χ1n) is 10.1. The van der Waals surface area contributed by atoms with Crippen molar-refractivity contribution in [2.75, 3.05) is 0 Å². The average molecular weight is 341 g/mol. The number of aliphatic hydroxyl groups is 1. The summed E-state index contributed by atoms with van der Waals surface area (Å²) in [5, 5.41) is 13.8. The first-order chi connectivity index (χ1) is 12.1. The Morgan fingerprint density at radius 2 is 1.88 bits per heavy atom. The quantitative estimate of drug-likeness (QED) is 0.814. The van der Waals surface area contributed by atoms with E-state index in [0.29, 0.717) is 11.5 Å². The number of nitrogens with one attached hydrogen (secondary N) is 1. The van der Waals surface area contributed by atoms with E-state index in [4.69, 9.17) is 0 Å². The van der Waals surface area contributed by atoms with E-state index in [0.717, 1.165) is 11.8 Å². The van der Waals surface area contributed by atoms with Crippen LogP contribution in [0, 0.1) is 23.2 Å². The van der Waals surface area contributed by atoms with E-state index in [-0.39, 0.29) is 17.4 Å². The highest BCUT2D eigenvalue weighted by molar-refractivity contribution is 5.82. The standard InChI is InChI=1S/C22H31NO2/c1-2-3-9-22-13-15-10-16(14-22)12-18(11-15)20(22)23-21(25)19(24)17-7-5-4-6-8-17/h4-8,15-16,18-20,24H,2-3,9-14H2,1H3,(H,23,25)/t15-,16+,18?,19?,20?,22?. The Labute approximate surface area is 151 Å². The second-order valence-electron chi connectivity index (χ2n) is 8.87. The first kappa shape index (κ1) is 17.1. The van der Waals surface area contributed by atoms with Crippen LogP contribution < -0.4 is 5.32 Å². The number of hydrogen-bond donors (Lipinski definition) is 2. The van der Waals surface area contributed by atoms with Crippen molar-refractivity contribution >= 4 is 5.91 Å². The van der Waals surface area contributed by atoms with Gasteiger partial charge in [-0.3, -0.25) is 4.79 Å². The van der Waals surface area contributed by atoms with Crippen molar-refractivity contribution in [2.24, 2.45) is 23.2 Å². The maximum absolute atomic E-state index is 12.8. The van der Waals surface area contributed by atoms with E-state index < -0.39 is 6.10 Å². The van der Waals surface area contributed by atoms with Gasteiger partial charge in [0.05, 0.1) is 0 Å². The maximum atomic E-state index is 12.8. The van der Waals surface area contributed by atoms with E-state index in [1.165, 1.54) is 51.4 Å². The molecule has 3 nitrogen and oxygen atoms in total. The second-order valence-corrected chi connectivity index (χ2v) is 8.87. The lowest BCUT2D eigenvalue weighted by Crippen LogP contribution is -2.62. The van der Waals surface area contributed by atoms with Crippen LogP contribution in [0.4, 0.5) is 0 Å². The Morgan fingerprint density at radius 1 is 1.20 bits per heavy atom. The van der Waals surface area contributed by atoms with Crippen LogP contribution in [0.2, 0.25) is 0 Å². The van der Waals surface area contributed by atoms with Gasteiger partial charge in [-0.25, -0.2) is 0 Å². The van der Waals surface area contributed by atoms with Gasteiger partial charge in [0.25, 0.3) is 5.91 Å². The van der Waals surface area contributed by atoms with Crippen LogP contribution in [0.5, 0.6) is 0 Å². The minimum Gasteiger partial charge on any atom is -0.378 e. The van der Waals surface area contributed by atoms with Gasteiger partial charge >= 0.3 is 0 Å². The van der Waals surface area contributed by atoms with Gasteiger partial charge in [0.15, 0.2) is 6.10 Å². The fourth-order valence-corrected chi connectivity index (χ4v) is 6.39.